The van der Waals surface area contributed by atoms with E-state index >= 15 is 0 Å². The number of nitrogens with one attached hydrogen (secondary N) is 1. The van der Waals surface area contributed by atoms with E-state index in [0.29, 0.717) is 24.8 Å². The maximum absolute atomic E-state index is 12.4. The molecular weight excluding hydrogens is 314 g/mol. The average Bonchev–Trinajstić information content (AvgIpc) is 3.08. The van der Waals surface area contributed by atoms with Gasteiger partial charge in [0.1, 0.15) is 0 Å². The summed E-state index contributed by atoms with van der Waals surface area (Å²) in [7, 11) is -3.44. The topological polar surface area (TPSA) is 80.1 Å². The first-order valence-electron chi connectivity index (χ1n) is 7.74. The van der Waals surface area contributed by atoms with E-state index in [1.165, 1.54) is 4.31 Å². The van der Waals surface area contributed by atoms with Crippen molar-refractivity contribution in [3.8, 4) is 5.82 Å². The third-order valence-electron chi connectivity index (χ3n) is 3.97. The van der Waals surface area contributed by atoms with Gasteiger partial charge in [-0.25, -0.2) is 9.67 Å². The van der Waals surface area contributed by atoms with Crippen LogP contribution in [-0.4, -0.2) is 40.6 Å². The minimum atomic E-state index is -3.44. The Balaban J connectivity index is 1.67. The highest BCUT2D eigenvalue weighted by Crippen LogP contribution is 2.18. The van der Waals surface area contributed by atoms with Crippen molar-refractivity contribution in [3.63, 3.8) is 0 Å². The number of pyridine rings is 1. The third kappa shape index (κ3) is 3.95. The Morgan fingerprint density at radius 3 is 3.00 bits per heavy atom. The highest BCUT2D eigenvalue weighted by Gasteiger charge is 2.26. The van der Waals surface area contributed by atoms with Crippen LogP contribution in [0.1, 0.15) is 25.3 Å². The summed E-state index contributed by atoms with van der Waals surface area (Å²) in [6, 6.07) is 5.44. The molecule has 0 bridgehead atoms. The summed E-state index contributed by atoms with van der Waals surface area (Å²) in [5.74, 6) is 1.07. The zero-order valence-corrected chi connectivity index (χ0v) is 13.9. The van der Waals surface area contributed by atoms with Gasteiger partial charge in [0.25, 0.3) is 10.2 Å². The molecule has 2 aromatic rings. The molecule has 8 heteroatoms. The van der Waals surface area contributed by atoms with Gasteiger partial charge < -0.3 is 0 Å². The molecular formula is C15H21N5O2S. The van der Waals surface area contributed by atoms with Gasteiger partial charge in [0.05, 0.1) is 0 Å². The van der Waals surface area contributed by atoms with Crippen molar-refractivity contribution < 1.29 is 8.42 Å². The molecule has 1 N–H and O–H groups in total. The highest BCUT2D eigenvalue weighted by molar-refractivity contribution is 7.87. The van der Waals surface area contributed by atoms with E-state index in [1.807, 2.05) is 12.1 Å². The van der Waals surface area contributed by atoms with Crippen LogP contribution in [0, 0.1) is 5.92 Å². The average molecular weight is 335 g/mol. The quantitative estimate of drug-likeness (QED) is 0.894. The summed E-state index contributed by atoms with van der Waals surface area (Å²) < 4.78 is 30.7. The smallest absolute Gasteiger partial charge is 0.237 e. The van der Waals surface area contributed by atoms with Crippen molar-refractivity contribution in [2.24, 2.45) is 5.92 Å². The van der Waals surface area contributed by atoms with Crippen LogP contribution in [0.3, 0.4) is 0 Å². The molecule has 0 aromatic carbocycles. The summed E-state index contributed by atoms with van der Waals surface area (Å²) in [4.78, 5) is 4.24. The SMILES string of the molecule is C[C@@H]1CCCN(S(=O)(=O)NCc2ccnc(-n3cccn3)c2)C1. The standard InChI is InChI=1S/C15H21N5O2S/c1-13-4-2-8-19(12-13)23(21,22)18-11-14-5-7-16-15(10-14)20-9-3-6-17-20/h3,5-7,9-10,13,18H,2,4,8,11-12H2,1H3/t13-/m1/s1. The van der Waals surface area contributed by atoms with E-state index in [1.54, 1.807) is 29.3 Å². The lowest BCUT2D eigenvalue weighted by Crippen LogP contribution is -2.45. The van der Waals surface area contributed by atoms with Crippen LogP contribution in [0.5, 0.6) is 0 Å². The van der Waals surface area contributed by atoms with Gasteiger partial charge >= 0.3 is 0 Å². The molecule has 1 aliphatic heterocycles. The number of hydrogen-bond acceptors (Lipinski definition) is 4. The number of nitrogens with zero attached hydrogens (tertiary/aromatic N) is 4. The second-order valence-corrected chi connectivity index (χ2v) is 7.66. The van der Waals surface area contributed by atoms with E-state index in [9.17, 15) is 8.42 Å². The van der Waals surface area contributed by atoms with Crippen molar-refractivity contribution in [2.45, 2.75) is 26.3 Å². The Bertz CT molecular complexity index is 745. The van der Waals surface area contributed by atoms with E-state index in [-0.39, 0.29) is 6.54 Å². The molecule has 7 nitrogen and oxygen atoms in total. The second kappa shape index (κ2) is 6.77. The predicted octanol–water partition coefficient (Wildman–Crippen LogP) is 1.33. The molecule has 1 atom stereocenters. The fourth-order valence-electron chi connectivity index (χ4n) is 2.73. The predicted molar refractivity (Wildman–Crippen MR) is 87.1 cm³/mol. The normalized spacial score (nSPS) is 19.8. The van der Waals surface area contributed by atoms with E-state index in [4.69, 9.17) is 0 Å². The van der Waals surface area contributed by atoms with Gasteiger partial charge in [-0.2, -0.15) is 22.5 Å². The minimum absolute atomic E-state index is 0.240. The second-order valence-electron chi connectivity index (χ2n) is 5.90. The lowest BCUT2D eigenvalue weighted by atomic mass is 10.0. The summed E-state index contributed by atoms with van der Waals surface area (Å²) in [6.45, 7) is 3.50. The number of hydrogen-bond donors (Lipinski definition) is 1. The Hall–Kier alpha value is -1.77. The molecule has 0 radical (unpaired) electrons. The van der Waals surface area contributed by atoms with Crippen LogP contribution < -0.4 is 4.72 Å². The molecule has 3 heterocycles. The van der Waals surface area contributed by atoms with Crippen molar-refractivity contribution >= 4 is 10.2 Å². The van der Waals surface area contributed by atoms with Gasteiger partial charge in [0.2, 0.25) is 0 Å². The molecule has 3 rings (SSSR count). The minimum Gasteiger partial charge on any atom is -0.237 e. The third-order valence-corrected chi connectivity index (χ3v) is 5.49. The van der Waals surface area contributed by atoms with Gasteiger partial charge in [-0.3, -0.25) is 0 Å². The molecule has 1 saturated heterocycles. The van der Waals surface area contributed by atoms with E-state index < -0.39 is 10.2 Å². The molecule has 1 fully saturated rings. The molecule has 1 aliphatic rings. The zero-order chi connectivity index (χ0) is 16.3. The Labute approximate surface area is 136 Å². The largest absolute Gasteiger partial charge is 0.279 e. The van der Waals surface area contributed by atoms with Gasteiger partial charge in [0, 0.05) is 38.2 Å². The molecule has 0 unspecified atom stereocenters. The number of piperidine rings is 1. The first kappa shape index (κ1) is 16.1. The Morgan fingerprint density at radius 1 is 1.39 bits per heavy atom. The summed E-state index contributed by atoms with van der Waals surface area (Å²) in [5, 5.41) is 4.13. The van der Waals surface area contributed by atoms with Crippen molar-refractivity contribution in [3.05, 3.63) is 42.4 Å². The Kier molecular flexibility index (Phi) is 4.74. The number of rotatable bonds is 5. The van der Waals surface area contributed by atoms with Crippen LogP contribution in [0.15, 0.2) is 36.8 Å². The fraction of sp³-hybridized carbons (Fsp3) is 0.467. The van der Waals surface area contributed by atoms with Crippen LogP contribution in [0.2, 0.25) is 0 Å². The summed E-state index contributed by atoms with van der Waals surface area (Å²) in [5.41, 5.74) is 0.846. The van der Waals surface area contributed by atoms with E-state index in [2.05, 4.69) is 21.7 Å². The molecule has 0 amide bonds. The van der Waals surface area contributed by atoms with Gasteiger partial charge in [-0.1, -0.05) is 6.92 Å². The summed E-state index contributed by atoms with van der Waals surface area (Å²) >= 11 is 0. The van der Waals surface area contributed by atoms with Gasteiger partial charge in [-0.05, 0) is 42.5 Å². The van der Waals surface area contributed by atoms with E-state index in [0.717, 1.165) is 18.4 Å². The van der Waals surface area contributed by atoms with Crippen molar-refractivity contribution in [2.75, 3.05) is 13.1 Å². The van der Waals surface area contributed by atoms with Gasteiger partial charge in [0.15, 0.2) is 5.82 Å². The maximum Gasteiger partial charge on any atom is 0.279 e. The van der Waals surface area contributed by atoms with Crippen LogP contribution in [0.4, 0.5) is 0 Å². The molecule has 124 valence electrons. The summed E-state index contributed by atoms with van der Waals surface area (Å²) in [6.07, 6.45) is 7.13. The highest BCUT2D eigenvalue weighted by atomic mass is 32.2. The monoisotopic (exact) mass is 335 g/mol. The first-order valence-corrected chi connectivity index (χ1v) is 9.18. The molecule has 0 aliphatic carbocycles. The van der Waals surface area contributed by atoms with Gasteiger partial charge in [-0.15, -0.1) is 0 Å². The lowest BCUT2D eigenvalue weighted by molar-refractivity contribution is 0.278. The van der Waals surface area contributed by atoms with Crippen molar-refractivity contribution in [1.82, 2.24) is 23.8 Å². The molecule has 0 saturated carbocycles. The fourth-order valence-corrected chi connectivity index (χ4v) is 4.08. The lowest BCUT2D eigenvalue weighted by Gasteiger charge is -2.30. The zero-order valence-electron chi connectivity index (χ0n) is 13.1. The molecule has 2 aromatic heterocycles. The van der Waals surface area contributed by atoms with Crippen LogP contribution in [0.25, 0.3) is 5.82 Å². The van der Waals surface area contributed by atoms with Crippen LogP contribution >= 0.6 is 0 Å². The first-order chi connectivity index (χ1) is 11.0. The number of aromatic nitrogens is 3. The van der Waals surface area contributed by atoms with Crippen molar-refractivity contribution in [1.29, 1.82) is 0 Å². The maximum atomic E-state index is 12.4. The molecule has 0 spiro atoms. The Morgan fingerprint density at radius 2 is 2.26 bits per heavy atom. The van der Waals surface area contributed by atoms with Crippen LogP contribution in [-0.2, 0) is 16.8 Å². The molecule has 23 heavy (non-hydrogen) atoms.